The van der Waals surface area contributed by atoms with E-state index in [0.717, 1.165) is 38.5 Å². The van der Waals surface area contributed by atoms with Gasteiger partial charge >= 0.3 is 5.97 Å². The van der Waals surface area contributed by atoms with Crippen molar-refractivity contribution in [2.24, 2.45) is 50.7 Å². The predicted octanol–water partition coefficient (Wildman–Crippen LogP) is 4.47. The van der Waals surface area contributed by atoms with Gasteiger partial charge in [-0.3, -0.25) is 9.59 Å². The zero-order valence-corrected chi connectivity index (χ0v) is 28.7. The van der Waals surface area contributed by atoms with Gasteiger partial charge in [0.25, 0.3) is 0 Å². The molecule has 2 heterocycles. The van der Waals surface area contributed by atoms with Crippen LogP contribution in [-0.4, -0.2) is 76.6 Å². The van der Waals surface area contributed by atoms with Crippen LogP contribution < -0.4 is 0 Å². The predicted molar refractivity (Wildman–Crippen MR) is 168 cm³/mol. The summed E-state index contributed by atoms with van der Waals surface area (Å²) in [6, 6.07) is 0. The highest BCUT2D eigenvalue weighted by Gasteiger charge is 2.83. The summed E-state index contributed by atoms with van der Waals surface area (Å²) in [7, 11) is 0. The third-order valence-electron chi connectivity index (χ3n) is 14.5. The SMILES string of the molecule is CC(=O)O[C@@H]1CC23C[C@@]24CC[C@H](O[C@@H]2OC[C@@H](O)[C@H](O)[C@H]2O)C(C)(C)C4CC=C3[C@]2(C)C[C@@H]3OC(C(=O)C(C)C)=C[C@@H](C)[C@@H]3[C@@]12C. The molecule has 0 aromatic heterocycles. The van der Waals surface area contributed by atoms with Gasteiger partial charge in [-0.25, -0.2) is 0 Å². The molecule has 2 aliphatic heterocycles. The third kappa shape index (κ3) is 4.10. The van der Waals surface area contributed by atoms with Gasteiger partial charge in [-0.15, -0.1) is 0 Å². The number of allylic oxidation sites excluding steroid dienone is 4. The van der Waals surface area contributed by atoms with Crippen LogP contribution in [-0.2, 0) is 28.5 Å². The standard InChI is InChI=1S/C37H54O9/c1-18(2)29(40)22-13-19(3)28-23(45-22)14-34(7)25-10-9-24-33(5,6)26(46-32-31(42)30(41)21(39)16-43-32)11-12-36(24)17-37(25,36)15-27(35(28,34)8)44-20(4)38/h10,13,18-19,21,23-24,26-28,30-32,39,41-42H,9,11-12,14-17H2,1-8H3/t19-,21-,23+,24?,26+,27-,28+,30+,31-,32+,34+,35-,36-,37?/m1/s1. The molecule has 0 aromatic carbocycles. The molecule has 46 heavy (non-hydrogen) atoms. The second kappa shape index (κ2) is 10.4. The third-order valence-corrected chi connectivity index (χ3v) is 14.5. The summed E-state index contributed by atoms with van der Waals surface area (Å²) in [4.78, 5) is 25.9. The minimum atomic E-state index is -1.32. The second-order valence-corrected chi connectivity index (χ2v) is 17.3. The van der Waals surface area contributed by atoms with Crippen molar-refractivity contribution >= 4 is 11.8 Å². The highest BCUT2D eigenvalue weighted by molar-refractivity contribution is 5.95. The van der Waals surface area contributed by atoms with Crippen molar-refractivity contribution in [1.29, 1.82) is 0 Å². The highest BCUT2D eigenvalue weighted by atomic mass is 16.7. The number of ether oxygens (including phenoxy) is 4. The van der Waals surface area contributed by atoms with Crippen LogP contribution in [0.2, 0.25) is 0 Å². The maximum atomic E-state index is 13.1. The molecule has 5 aliphatic carbocycles. The number of rotatable bonds is 5. The number of aliphatic hydroxyl groups excluding tert-OH is 3. The Morgan fingerprint density at radius 1 is 1.04 bits per heavy atom. The monoisotopic (exact) mass is 642 g/mol. The van der Waals surface area contributed by atoms with E-state index >= 15 is 0 Å². The van der Waals surface area contributed by atoms with Gasteiger partial charge in [-0.05, 0) is 67.3 Å². The maximum absolute atomic E-state index is 13.1. The Morgan fingerprint density at radius 2 is 1.76 bits per heavy atom. The first kappa shape index (κ1) is 32.8. The van der Waals surface area contributed by atoms with Gasteiger partial charge in [0.2, 0.25) is 0 Å². The van der Waals surface area contributed by atoms with Gasteiger partial charge in [-0.2, -0.15) is 0 Å². The average molecular weight is 643 g/mol. The average Bonchev–Trinajstić information content (AvgIpc) is 3.55. The Hall–Kier alpha value is -1.78. The van der Waals surface area contributed by atoms with Crippen LogP contribution in [0.3, 0.4) is 0 Å². The second-order valence-electron chi connectivity index (χ2n) is 17.3. The molecule has 5 fully saturated rings. The Labute approximate surface area is 273 Å². The van der Waals surface area contributed by atoms with E-state index in [1.807, 2.05) is 19.9 Å². The van der Waals surface area contributed by atoms with Crippen molar-refractivity contribution in [1.82, 2.24) is 0 Å². The highest BCUT2D eigenvalue weighted by Crippen LogP contribution is 2.88. The first-order valence-corrected chi connectivity index (χ1v) is 17.6. The lowest BCUT2D eigenvalue weighted by Gasteiger charge is -2.61. The largest absolute Gasteiger partial charge is 0.487 e. The molecule has 0 aromatic rings. The van der Waals surface area contributed by atoms with Crippen LogP contribution in [0.4, 0.5) is 0 Å². The van der Waals surface area contributed by atoms with Crippen molar-refractivity contribution < 1.29 is 43.9 Å². The first-order chi connectivity index (χ1) is 21.4. The molecule has 0 amide bonds. The molecule has 3 N–H and O–H groups in total. The van der Waals surface area contributed by atoms with Crippen molar-refractivity contribution in [3.05, 3.63) is 23.5 Å². The molecule has 4 saturated carbocycles. The molecule has 256 valence electrons. The van der Waals surface area contributed by atoms with E-state index in [-0.39, 0.29) is 81.5 Å². The quantitative estimate of drug-likeness (QED) is 0.294. The fraction of sp³-hybridized carbons (Fsp3) is 0.838. The summed E-state index contributed by atoms with van der Waals surface area (Å²) in [5, 5.41) is 30.8. The number of aliphatic hydroxyl groups is 3. The minimum absolute atomic E-state index is 0.0438. The van der Waals surface area contributed by atoms with Crippen molar-refractivity contribution in [3.63, 3.8) is 0 Å². The molecule has 7 rings (SSSR count). The van der Waals surface area contributed by atoms with Gasteiger partial charge in [0.15, 0.2) is 17.8 Å². The molecule has 9 heteroatoms. The first-order valence-electron chi connectivity index (χ1n) is 17.6. The van der Waals surface area contributed by atoms with Crippen LogP contribution in [0.1, 0.15) is 93.9 Å². The molecule has 2 spiro atoms. The van der Waals surface area contributed by atoms with E-state index in [4.69, 9.17) is 18.9 Å². The number of esters is 1. The number of ketones is 1. The van der Waals surface area contributed by atoms with E-state index in [9.17, 15) is 24.9 Å². The summed E-state index contributed by atoms with van der Waals surface area (Å²) < 4.78 is 25.1. The van der Waals surface area contributed by atoms with Gasteiger partial charge in [-0.1, -0.05) is 60.1 Å². The number of hydrogen-bond acceptors (Lipinski definition) is 9. The van der Waals surface area contributed by atoms with Crippen LogP contribution in [0.5, 0.6) is 0 Å². The smallest absolute Gasteiger partial charge is 0.302 e. The molecule has 2 unspecified atom stereocenters. The van der Waals surface area contributed by atoms with Crippen LogP contribution in [0.25, 0.3) is 0 Å². The molecule has 7 aliphatic rings. The lowest BCUT2D eigenvalue weighted by Crippen LogP contribution is -2.60. The number of carbonyl (C=O) groups excluding carboxylic acids is 2. The number of Topliss-reactive ketones (excluding diaryl/α,β-unsaturated/α-hetero) is 1. The van der Waals surface area contributed by atoms with Crippen molar-refractivity contribution in [2.45, 2.75) is 137 Å². The summed E-state index contributed by atoms with van der Waals surface area (Å²) in [5.74, 6) is 0.648. The maximum Gasteiger partial charge on any atom is 0.302 e. The van der Waals surface area contributed by atoms with Crippen molar-refractivity contribution in [2.75, 3.05) is 6.61 Å². The molecular weight excluding hydrogens is 588 g/mol. The molecule has 0 bridgehead atoms. The van der Waals surface area contributed by atoms with E-state index in [2.05, 4.69) is 40.7 Å². The fourth-order valence-electron chi connectivity index (χ4n) is 12.3. The van der Waals surface area contributed by atoms with Gasteiger partial charge in [0, 0.05) is 35.0 Å². The van der Waals surface area contributed by atoms with E-state index in [1.165, 1.54) is 12.5 Å². The van der Waals surface area contributed by atoms with Gasteiger partial charge < -0.3 is 34.3 Å². The summed E-state index contributed by atoms with van der Waals surface area (Å²) >= 11 is 0. The lowest BCUT2D eigenvalue weighted by molar-refractivity contribution is -0.300. The van der Waals surface area contributed by atoms with E-state index < -0.39 is 24.6 Å². The van der Waals surface area contributed by atoms with Crippen LogP contribution in [0, 0.1) is 50.7 Å². The minimum Gasteiger partial charge on any atom is -0.487 e. The number of fused-ring (bicyclic) bond motifs is 4. The molecule has 0 radical (unpaired) electrons. The van der Waals surface area contributed by atoms with Crippen molar-refractivity contribution in [3.8, 4) is 0 Å². The topological polar surface area (TPSA) is 132 Å². The zero-order chi connectivity index (χ0) is 33.4. The Morgan fingerprint density at radius 3 is 2.43 bits per heavy atom. The van der Waals surface area contributed by atoms with E-state index in [1.54, 1.807) is 0 Å². The van der Waals surface area contributed by atoms with Crippen LogP contribution in [0.15, 0.2) is 23.5 Å². The van der Waals surface area contributed by atoms with Crippen LogP contribution >= 0.6 is 0 Å². The molecular formula is C37H54O9. The molecule has 9 nitrogen and oxygen atoms in total. The van der Waals surface area contributed by atoms with Gasteiger partial charge in [0.1, 0.15) is 30.5 Å². The Bertz CT molecular complexity index is 1370. The summed E-state index contributed by atoms with van der Waals surface area (Å²) in [6.07, 6.45) is 4.42. The normalized spacial score (nSPS) is 51.7. The zero-order valence-electron chi connectivity index (χ0n) is 28.7. The number of carbonyl (C=O) groups is 2. The Kier molecular flexibility index (Phi) is 7.38. The van der Waals surface area contributed by atoms with Gasteiger partial charge in [0.05, 0.1) is 12.7 Å². The fourth-order valence-corrected chi connectivity index (χ4v) is 12.3. The molecule has 14 atom stereocenters. The summed E-state index contributed by atoms with van der Waals surface area (Å²) in [5.41, 5.74) is 0.555. The lowest BCUT2D eigenvalue weighted by atomic mass is 9.44. The summed E-state index contributed by atoms with van der Waals surface area (Å²) in [6.45, 7) is 16.7. The Balaban J connectivity index is 1.23. The van der Waals surface area contributed by atoms with E-state index in [0.29, 0.717) is 11.7 Å². The number of hydrogen-bond donors (Lipinski definition) is 3. The molecule has 1 saturated heterocycles.